The molecule has 0 aromatic carbocycles. The molecular weight excluding hydrogens is 178 g/mol. The van der Waals surface area contributed by atoms with Crippen LogP contribution in [0, 0.1) is 0 Å². The van der Waals surface area contributed by atoms with Crippen LogP contribution in [0.25, 0.3) is 11.0 Å². The molecule has 0 unspecified atom stereocenters. The first-order chi connectivity index (χ1) is 5.75. The molecule has 0 saturated heterocycles. The molecule has 0 fully saturated rings. The first-order valence-electron chi connectivity index (χ1n) is 3.24. The summed E-state index contributed by atoms with van der Waals surface area (Å²) >= 11 is 5.63. The van der Waals surface area contributed by atoms with Crippen LogP contribution in [0.5, 0.6) is 6.01 Å². The molecular formula is C7H4ClN3O. The average Bonchev–Trinajstić information content (AvgIpc) is 2.05. The summed E-state index contributed by atoms with van der Waals surface area (Å²) in [4.78, 5) is 11.3. The van der Waals surface area contributed by atoms with E-state index in [-0.39, 0.29) is 6.01 Å². The topological polar surface area (TPSA) is 58.9 Å². The summed E-state index contributed by atoms with van der Waals surface area (Å²) in [6.07, 6.45) is 1.42. The van der Waals surface area contributed by atoms with Gasteiger partial charge >= 0.3 is 6.01 Å². The van der Waals surface area contributed by atoms with Crippen molar-refractivity contribution in [3.63, 3.8) is 0 Å². The van der Waals surface area contributed by atoms with Gasteiger partial charge in [-0.15, -0.1) is 0 Å². The van der Waals surface area contributed by atoms with Crippen LogP contribution in [-0.2, 0) is 0 Å². The second-order valence-electron chi connectivity index (χ2n) is 2.21. The minimum Gasteiger partial charge on any atom is -0.479 e. The van der Waals surface area contributed by atoms with Gasteiger partial charge < -0.3 is 5.11 Å². The number of aromatic hydroxyl groups is 1. The lowest BCUT2D eigenvalue weighted by Gasteiger charge is -1.95. The monoisotopic (exact) mass is 181 g/mol. The molecule has 2 rings (SSSR count). The van der Waals surface area contributed by atoms with Crippen molar-refractivity contribution in [1.82, 2.24) is 15.0 Å². The number of aromatic nitrogens is 3. The highest BCUT2D eigenvalue weighted by Crippen LogP contribution is 2.13. The second-order valence-corrected chi connectivity index (χ2v) is 2.60. The highest BCUT2D eigenvalue weighted by Gasteiger charge is 1.98. The van der Waals surface area contributed by atoms with E-state index in [2.05, 4.69) is 15.0 Å². The van der Waals surface area contributed by atoms with Crippen molar-refractivity contribution < 1.29 is 5.11 Å². The fourth-order valence-electron chi connectivity index (χ4n) is 0.888. The molecule has 60 valence electrons. The van der Waals surface area contributed by atoms with Crippen LogP contribution >= 0.6 is 11.6 Å². The minimum atomic E-state index is -0.258. The summed E-state index contributed by atoms with van der Waals surface area (Å²) in [5.74, 6) is 0. The van der Waals surface area contributed by atoms with Gasteiger partial charge in [-0.05, 0) is 12.1 Å². The van der Waals surface area contributed by atoms with Gasteiger partial charge in [0.1, 0.15) is 10.7 Å². The molecule has 0 aliphatic carbocycles. The lowest BCUT2D eigenvalue weighted by molar-refractivity contribution is 0.433. The van der Waals surface area contributed by atoms with E-state index in [4.69, 9.17) is 16.7 Å². The zero-order chi connectivity index (χ0) is 8.55. The van der Waals surface area contributed by atoms with E-state index in [1.54, 1.807) is 12.1 Å². The van der Waals surface area contributed by atoms with Crippen molar-refractivity contribution in [3.05, 3.63) is 23.5 Å². The van der Waals surface area contributed by atoms with Gasteiger partial charge in [-0.3, -0.25) is 0 Å². The van der Waals surface area contributed by atoms with Crippen molar-refractivity contribution >= 4 is 22.6 Å². The van der Waals surface area contributed by atoms with Gasteiger partial charge in [0.25, 0.3) is 0 Å². The predicted molar refractivity (Wildman–Crippen MR) is 44.0 cm³/mol. The molecule has 0 bridgehead atoms. The summed E-state index contributed by atoms with van der Waals surface area (Å²) in [7, 11) is 0. The van der Waals surface area contributed by atoms with E-state index in [0.717, 1.165) is 0 Å². The molecule has 5 heteroatoms. The van der Waals surface area contributed by atoms with Crippen LogP contribution in [0.3, 0.4) is 0 Å². The largest absolute Gasteiger partial charge is 0.479 e. The molecule has 0 saturated carbocycles. The van der Waals surface area contributed by atoms with E-state index < -0.39 is 0 Å². The van der Waals surface area contributed by atoms with Crippen LogP contribution in [0.1, 0.15) is 0 Å². The van der Waals surface area contributed by atoms with Crippen molar-refractivity contribution in [2.24, 2.45) is 0 Å². The Balaban J connectivity index is 2.79. The van der Waals surface area contributed by atoms with E-state index in [9.17, 15) is 0 Å². The zero-order valence-electron chi connectivity index (χ0n) is 5.90. The maximum absolute atomic E-state index is 8.92. The Morgan fingerprint density at radius 2 is 2.00 bits per heavy atom. The molecule has 0 aliphatic heterocycles. The van der Waals surface area contributed by atoms with E-state index in [1.165, 1.54) is 6.20 Å². The fraction of sp³-hybridized carbons (Fsp3) is 0. The maximum Gasteiger partial charge on any atom is 0.314 e. The van der Waals surface area contributed by atoms with Crippen LogP contribution < -0.4 is 0 Å². The first-order valence-corrected chi connectivity index (χ1v) is 3.62. The molecule has 2 aromatic heterocycles. The average molecular weight is 182 g/mol. The quantitative estimate of drug-likeness (QED) is 0.624. The zero-order valence-corrected chi connectivity index (χ0v) is 6.65. The van der Waals surface area contributed by atoms with Crippen LogP contribution in [-0.4, -0.2) is 20.1 Å². The van der Waals surface area contributed by atoms with Gasteiger partial charge in [0.2, 0.25) is 0 Å². The lowest BCUT2D eigenvalue weighted by atomic mass is 10.4. The maximum atomic E-state index is 8.92. The number of rotatable bonds is 0. The molecule has 0 radical (unpaired) electrons. The summed E-state index contributed by atoms with van der Waals surface area (Å²) in [5.41, 5.74) is 1.15. The summed E-state index contributed by atoms with van der Waals surface area (Å²) in [6.45, 7) is 0. The van der Waals surface area contributed by atoms with Crippen molar-refractivity contribution in [2.75, 3.05) is 0 Å². The molecule has 0 atom stereocenters. The molecule has 0 amide bonds. The van der Waals surface area contributed by atoms with Crippen molar-refractivity contribution in [1.29, 1.82) is 0 Å². The van der Waals surface area contributed by atoms with Crippen LogP contribution in [0.2, 0.25) is 5.15 Å². The molecule has 2 aromatic rings. The van der Waals surface area contributed by atoms with E-state index in [1.807, 2.05) is 0 Å². The number of hydrogen-bond acceptors (Lipinski definition) is 4. The molecule has 4 nitrogen and oxygen atoms in total. The van der Waals surface area contributed by atoms with Crippen LogP contribution in [0.15, 0.2) is 18.3 Å². The number of nitrogens with zero attached hydrogens (tertiary/aromatic N) is 3. The van der Waals surface area contributed by atoms with E-state index in [0.29, 0.717) is 16.2 Å². The van der Waals surface area contributed by atoms with Crippen molar-refractivity contribution in [2.45, 2.75) is 0 Å². The van der Waals surface area contributed by atoms with Gasteiger partial charge in [-0.25, -0.2) is 9.97 Å². The smallest absolute Gasteiger partial charge is 0.314 e. The highest BCUT2D eigenvalue weighted by molar-refractivity contribution is 6.29. The summed E-state index contributed by atoms with van der Waals surface area (Å²) in [6, 6.07) is 3.02. The van der Waals surface area contributed by atoms with Gasteiger partial charge in [-0.1, -0.05) is 11.6 Å². The molecule has 0 aliphatic rings. The van der Waals surface area contributed by atoms with Crippen molar-refractivity contribution in [3.8, 4) is 6.01 Å². The summed E-state index contributed by atoms with van der Waals surface area (Å²) < 4.78 is 0. The Morgan fingerprint density at radius 3 is 2.83 bits per heavy atom. The number of fused-ring (bicyclic) bond motifs is 1. The van der Waals surface area contributed by atoms with Gasteiger partial charge in [0.05, 0.1) is 11.7 Å². The molecule has 2 heterocycles. The highest BCUT2D eigenvalue weighted by atomic mass is 35.5. The third-order valence-electron chi connectivity index (χ3n) is 1.39. The summed E-state index contributed by atoms with van der Waals surface area (Å²) in [5, 5.41) is 9.30. The normalized spacial score (nSPS) is 10.4. The third kappa shape index (κ3) is 1.16. The standard InChI is InChI=1S/C7H4ClN3O/c8-6-2-1-4-5(10-6)3-9-7(12)11-4/h1-3H,(H,9,11,12). The Hall–Kier alpha value is -1.42. The fourth-order valence-corrected chi connectivity index (χ4v) is 1.04. The Kier molecular flexibility index (Phi) is 1.55. The SMILES string of the molecule is Oc1ncc2nc(Cl)ccc2n1. The molecule has 1 N–H and O–H groups in total. The predicted octanol–water partition coefficient (Wildman–Crippen LogP) is 1.38. The van der Waals surface area contributed by atoms with Crippen LogP contribution in [0.4, 0.5) is 0 Å². The second kappa shape index (κ2) is 2.57. The number of halogens is 1. The number of hydrogen-bond donors (Lipinski definition) is 1. The molecule has 0 spiro atoms. The van der Waals surface area contributed by atoms with Gasteiger partial charge in [0, 0.05) is 0 Å². The Labute approximate surface area is 72.9 Å². The number of pyridine rings is 1. The Morgan fingerprint density at radius 1 is 1.17 bits per heavy atom. The van der Waals surface area contributed by atoms with Gasteiger partial charge in [0.15, 0.2) is 0 Å². The Bertz CT molecular complexity index is 391. The van der Waals surface area contributed by atoms with E-state index >= 15 is 0 Å². The third-order valence-corrected chi connectivity index (χ3v) is 1.60. The lowest BCUT2D eigenvalue weighted by Crippen LogP contribution is -1.85. The minimum absolute atomic E-state index is 0.258. The molecule has 12 heavy (non-hydrogen) atoms. The first kappa shape index (κ1) is 7.24. The van der Waals surface area contributed by atoms with Gasteiger partial charge in [-0.2, -0.15) is 4.98 Å².